The topological polar surface area (TPSA) is 61.9 Å². The molecule has 1 fully saturated rings. The molecule has 0 bridgehead atoms. The normalized spacial score (nSPS) is 15.4. The van der Waals surface area contributed by atoms with Gasteiger partial charge in [0.2, 0.25) is 0 Å². The maximum atomic E-state index is 12.2. The SMILES string of the molecule is CC(C)OCCCNC(=O)C(=O)N1CCN(Cc2ccccc2)CC1. The Morgan fingerprint density at radius 2 is 1.80 bits per heavy atom. The molecular weight excluding hydrogens is 318 g/mol. The number of ether oxygens (including phenoxy) is 1. The Kier molecular flexibility index (Phi) is 7.88. The second-order valence-electron chi connectivity index (χ2n) is 6.58. The minimum atomic E-state index is -0.513. The number of amides is 2. The highest BCUT2D eigenvalue weighted by atomic mass is 16.5. The lowest BCUT2D eigenvalue weighted by Crippen LogP contribution is -2.52. The van der Waals surface area contributed by atoms with Crippen LogP contribution in [-0.4, -0.2) is 67.0 Å². The van der Waals surface area contributed by atoms with Gasteiger partial charge in [-0.05, 0) is 25.8 Å². The Bertz CT molecular complexity index is 540. The van der Waals surface area contributed by atoms with Crippen molar-refractivity contribution < 1.29 is 14.3 Å². The van der Waals surface area contributed by atoms with Gasteiger partial charge in [0.25, 0.3) is 0 Å². The van der Waals surface area contributed by atoms with Crippen molar-refractivity contribution in [3.63, 3.8) is 0 Å². The summed E-state index contributed by atoms with van der Waals surface area (Å²) in [7, 11) is 0. The molecule has 1 aromatic rings. The van der Waals surface area contributed by atoms with Gasteiger partial charge in [0, 0.05) is 45.9 Å². The van der Waals surface area contributed by atoms with E-state index in [4.69, 9.17) is 4.74 Å². The maximum Gasteiger partial charge on any atom is 0.311 e. The summed E-state index contributed by atoms with van der Waals surface area (Å²) in [4.78, 5) is 28.1. The van der Waals surface area contributed by atoms with Crippen LogP contribution in [0.4, 0.5) is 0 Å². The summed E-state index contributed by atoms with van der Waals surface area (Å²) in [5.74, 6) is -0.940. The van der Waals surface area contributed by atoms with E-state index in [-0.39, 0.29) is 6.10 Å². The number of benzene rings is 1. The molecule has 0 saturated carbocycles. The smallest absolute Gasteiger partial charge is 0.311 e. The molecule has 1 aliphatic heterocycles. The third kappa shape index (κ3) is 6.84. The molecule has 6 heteroatoms. The zero-order valence-electron chi connectivity index (χ0n) is 15.2. The van der Waals surface area contributed by atoms with Crippen LogP contribution in [0.1, 0.15) is 25.8 Å². The fourth-order valence-corrected chi connectivity index (χ4v) is 2.76. The molecule has 0 unspecified atom stereocenters. The lowest BCUT2D eigenvalue weighted by molar-refractivity contribution is -0.147. The fraction of sp³-hybridized carbons (Fsp3) is 0.579. The number of hydrogen-bond acceptors (Lipinski definition) is 4. The first-order valence-electron chi connectivity index (χ1n) is 9.01. The minimum Gasteiger partial charge on any atom is -0.379 e. The molecule has 2 amide bonds. The highest BCUT2D eigenvalue weighted by Gasteiger charge is 2.25. The maximum absolute atomic E-state index is 12.2. The van der Waals surface area contributed by atoms with E-state index in [0.717, 1.165) is 19.6 Å². The summed E-state index contributed by atoms with van der Waals surface area (Å²) in [6.45, 7) is 8.64. The van der Waals surface area contributed by atoms with Crippen molar-refractivity contribution in [2.45, 2.75) is 32.9 Å². The summed E-state index contributed by atoms with van der Waals surface area (Å²) in [5.41, 5.74) is 1.27. The number of carbonyl (C=O) groups is 2. The lowest BCUT2D eigenvalue weighted by atomic mass is 10.2. The molecule has 0 radical (unpaired) electrons. The van der Waals surface area contributed by atoms with Gasteiger partial charge in [0.05, 0.1) is 6.10 Å². The number of hydrogen-bond donors (Lipinski definition) is 1. The van der Waals surface area contributed by atoms with Crippen LogP contribution in [0.15, 0.2) is 30.3 Å². The molecule has 1 saturated heterocycles. The van der Waals surface area contributed by atoms with Gasteiger partial charge in [-0.15, -0.1) is 0 Å². The summed E-state index contributed by atoms with van der Waals surface area (Å²) in [6.07, 6.45) is 0.895. The molecule has 1 aromatic carbocycles. The zero-order valence-corrected chi connectivity index (χ0v) is 15.2. The van der Waals surface area contributed by atoms with Gasteiger partial charge in [0.1, 0.15) is 0 Å². The largest absolute Gasteiger partial charge is 0.379 e. The van der Waals surface area contributed by atoms with Crippen LogP contribution in [0.2, 0.25) is 0 Å². The fourth-order valence-electron chi connectivity index (χ4n) is 2.76. The predicted molar refractivity (Wildman–Crippen MR) is 97.0 cm³/mol. The molecule has 2 rings (SSSR count). The molecule has 0 aliphatic carbocycles. The molecule has 1 aliphatic rings. The Morgan fingerprint density at radius 1 is 1.12 bits per heavy atom. The van der Waals surface area contributed by atoms with Crippen molar-refractivity contribution in [1.82, 2.24) is 15.1 Å². The Morgan fingerprint density at radius 3 is 2.44 bits per heavy atom. The number of carbonyl (C=O) groups excluding carboxylic acids is 2. The van der Waals surface area contributed by atoms with Gasteiger partial charge in [-0.2, -0.15) is 0 Å². The van der Waals surface area contributed by atoms with Crippen LogP contribution < -0.4 is 5.32 Å². The molecule has 0 spiro atoms. The summed E-state index contributed by atoms with van der Waals surface area (Å²) in [5, 5.41) is 2.68. The first-order valence-corrected chi connectivity index (χ1v) is 9.01. The average Bonchev–Trinajstić information content (AvgIpc) is 2.62. The van der Waals surface area contributed by atoms with Gasteiger partial charge >= 0.3 is 11.8 Å². The Labute approximate surface area is 150 Å². The monoisotopic (exact) mass is 347 g/mol. The van der Waals surface area contributed by atoms with Crippen LogP contribution in [0, 0.1) is 0 Å². The van der Waals surface area contributed by atoms with E-state index in [1.54, 1.807) is 4.90 Å². The predicted octanol–water partition coefficient (Wildman–Crippen LogP) is 1.26. The highest BCUT2D eigenvalue weighted by molar-refractivity contribution is 6.35. The molecular formula is C19H29N3O3. The third-order valence-corrected chi connectivity index (χ3v) is 4.16. The van der Waals surface area contributed by atoms with Crippen molar-refractivity contribution in [3.8, 4) is 0 Å². The molecule has 138 valence electrons. The number of rotatable bonds is 7. The third-order valence-electron chi connectivity index (χ3n) is 4.16. The van der Waals surface area contributed by atoms with Crippen molar-refractivity contribution in [2.24, 2.45) is 0 Å². The Balaban J connectivity index is 1.65. The van der Waals surface area contributed by atoms with E-state index in [0.29, 0.717) is 32.7 Å². The molecule has 0 aromatic heterocycles. The number of piperazine rings is 1. The van der Waals surface area contributed by atoms with E-state index in [2.05, 4.69) is 22.3 Å². The van der Waals surface area contributed by atoms with E-state index in [1.165, 1.54) is 5.56 Å². The van der Waals surface area contributed by atoms with Gasteiger partial charge in [-0.1, -0.05) is 30.3 Å². The molecule has 6 nitrogen and oxygen atoms in total. The Hall–Kier alpha value is -1.92. The first-order chi connectivity index (χ1) is 12.1. The summed E-state index contributed by atoms with van der Waals surface area (Å²) in [6, 6.07) is 10.3. The van der Waals surface area contributed by atoms with E-state index < -0.39 is 11.8 Å². The van der Waals surface area contributed by atoms with Crippen LogP contribution in [0.3, 0.4) is 0 Å². The van der Waals surface area contributed by atoms with Gasteiger partial charge in [0.15, 0.2) is 0 Å². The molecule has 0 atom stereocenters. The quantitative estimate of drug-likeness (QED) is 0.596. The zero-order chi connectivity index (χ0) is 18.1. The second kappa shape index (κ2) is 10.2. The summed E-state index contributed by atoms with van der Waals surface area (Å²) >= 11 is 0. The van der Waals surface area contributed by atoms with Gasteiger partial charge in [-0.25, -0.2) is 0 Å². The van der Waals surface area contributed by atoms with Gasteiger partial charge in [-0.3, -0.25) is 14.5 Å². The molecule has 25 heavy (non-hydrogen) atoms. The molecule has 1 N–H and O–H groups in total. The first kappa shape index (κ1) is 19.4. The summed E-state index contributed by atoms with van der Waals surface area (Å²) < 4.78 is 5.41. The van der Waals surface area contributed by atoms with Crippen LogP contribution in [-0.2, 0) is 20.9 Å². The standard InChI is InChI=1S/C19H29N3O3/c1-16(2)25-14-6-9-20-18(23)19(24)22-12-10-21(11-13-22)15-17-7-4-3-5-8-17/h3-5,7-8,16H,6,9-15H2,1-2H3,(H,20,23). The van der Waals surface area contributed by atoms with E-state index in [9.17, 15) is 9.59 Å². The van der Waals surface area contributed by atoms with Crippen molar-refractivity contribution in [2.75, 3.05) is 39.3 Å². The van der Waals surface area contributed by atoms with Gasteiger partial charge < -0.3 is 15.0 Å². The number of nitrogens with one attached hydrogen (secondary N) is 1. The van der Waals surface area contributed by atoms with Crippen molar-refractivity contribution >= 4 is 11.8 Å². The highest BCUT2D eigenvalue weighted by Crippen LogP contribution is 2.08. The minimum absolute atomic E-state index is 0.185. The second-order valence-corrected chi connectivity index (χ2v) is 6.58. The van der Waals surface area contributed by atoms with Crippen LogP contribution in [0.5, 0.6) is 0 Å². The van der Waals surface area contributed by atoms with Crippen molar-refractivity contribution in [3.05, 3.63) is 35.9 Å². The van der Waals surface area contributed by atoms with Crippen LogP contribution in [0.25, 0.3) is 0 Å². The van der Waals surface area contributed by atoms with Crippen LogP contribution >= 0.6 is 0 Å². The molecule has 1 heterocycles. The van der Waals surface area contributed by atoms with E-state index in [1.807, 2.05) is 32.0 Å². The van der Waals surface area contributed by atoms with Crippen molar-refractivity contribution in [1.29, 1.82) is 0 Å². The van der Waals surface area contributed by atoms with E-state index >= 15 is 0 Å². The lowest BCUT2D eigenvalue weighted by Gasteiger charge is -2.34. The number of nitrogens with zero attached hydrogens (tertiary/aromatic N) is 2. The average molecular weight is 347 g/mol.